The Labute approximate surface area is 234 Å². The molecule has 5 heteroatoms. The molecule has 0 N–H and O–H groups in total. The maximum Gasteiger partial charge on any atom is 0.305 e. The number of ether oxygens (including phenoxy) is 2. The first kappa shape index (κ1) is 30.1. The second-order valence-electron chi connectivity index (χ2n) is 8.51. The molecule has 37 heavy (non-hydrogen) atoms. The molecule has 0 atom stereocenters. The van der Waals surface area contributed by atoms with Crippen molar-refractivity contribution in [2.45, 2.75) is 51.4 Å². The molecule has 0 heterocycles. The lowest BCUT2D eigenvalue weighted by Gasteiger charge is -2.01. The van der Waals surface area contributed by atoms with Gasteiger partial charge in [0.25, 0.3) is 0 Å². The highest BCUT2D eigenvalue weighted by Crippen LogP contribution is 2.11. The van der Waals surface area contributed by atoms with Crippen molar-refractivity contribution in [2.24, 2.45) is 0 Å². The second kappa shape index (κ2) is 18.2. The van der Waals surface area contributed by atoms with Crippen molar-refractivity contribution in [3.8, 4) is 11.8 Å². The van der Waals surface area contributed by atoms with Crippen LogP contribution in [0.3, 0.4) is 0 Å². The van der Waals surface area contributed by atoms with E-state index >= 15 is 0 Å². The maximum absolute atomic E-state index is 11.0. The smallest absolute Gasteiger partial charge is 0.305 e. The zero-order valence-electron chi connectivity index (χ0n) is 21.7. The van der Waals surface area contributed by atoms with Gasteiger partial charge in [-0.15, -0.1) is 0 Å². The van der Waals surface area contributed by atoms with Crippen LogP contribution in [0.2, 0.25) is 0 Å². The van der Waals surface area contributed by atoms with Crippen molar-refractivity contribution in [1.29, 1.82) is 0 Å². The minimum atomic E-state index is -0.133. The van der Waals surface area contributed by atoms with Gasteiger partial charge in [-0.2, -0.15) is 0 Å². The Bertz CT molecular complexity index is 1130. The predicted octanol–water partition coefficient (Wildman–Crippen LogP) is 7.15. The van der Waals surface area contributed by atoms with E-state index in [4.69, 9.17) is 0 Å². The third-order valence-electron chi connectivity index (χ3n) is 5.64. The quantitative estimate of drug-likeness (QED) is 0.106. The number of carbonyl (C=O) groups excluding carboxylic acids is 2. The van der Waals surface area contributed by atoms with Gasteiger partial charge in [0.2, 0.25) is 0 Å². The zero-order chi connectivity index (χ0) is 26.7. The Morgan fingerprint density at radius 2 is 1.05 bits per heavy atom. The van der Waals surface area contributed by atoms with Crippen LogP contribution >= 0.6 is 22.6 Å². The van der Waals surface area contributed by atoms with Crippen LogP contribution in [0.25, 0.3) is 0 Å². The van der Waals surface area contributed by atoms with Crippen LogP contribution in [0.4, 0.5) is 0 Å². The standard InChI is InChI=1S/C20H20O2.C12H15IO2/c1-22-20(21)10-6-5-9-18-12-15-19(16-13-18)14-11-17-7-3-2-4-8-17;1-15-12(14)5-3-2-4-10-6-8-11(13)9-7-10/h2-4,7-8,12-13,15-16H,5-6,9-10H2,1H3;6-9H,2-5H2,1H3. The highest BCUT2D eigenvalue weighted by Gasteiger charge is 2.01. The molecule has 3 rings (SSSR count). The fourth-order valence-corrected chi connectivity index (χ4v) is 3.83. The van der Waals surface area contributed by atoms with E-state index in [9.17, 15) is 9.59 Å². The molecule has 0 aromatic heterocycles. The molecule has 0 saturated heterocycles. The fourth-order valence-electron chi connectivity index (χ4n) is 3.47. The second-order valence-corrected chi connectivity index (χ2v) is 9.75. The van der Waals surface area contributed by atoms with Crippen LogP contribution in [0, 0.1) is 15.4 Å². The molecule has 0 amide bonds. The first-order chi connectivity index (χ1) is 18.0. The Morgan fingerprint density at radius 1 is 0.622 bits per heavy atom. The summed E-state index contributed by atoms with van der Waals surface area (Å²) < 4.78 is 10.5. The Morgan fingerprint density at radius 3 is 1.51 bits per heavy atom. The van der Waals surface area contributed by atoms with Gasteiger partial charge < -0.3 is 9.47 Å². The molecule has 0 aliphatic carbocycles. The minimum Gasteiger partial charge on any atom is -0.469 e. The molecular formula is C32H35IO4. The number of hydrogen-bond acceptors (Lipinski definition) is 4. The molecule has 0 saturated carbocycles. The Balaban J connectivity index is 0.000000281. The number of benzene rings is 3. The van der Waals surface area contributed by atoms with E-state index < -0.39 is 0 Å². The van der Waals surface area contributed by atoms with Crippen molar-refractivity contribution < 1.29 is 19.1 Å². The molecule has 0 fully saturated rings. The highest BCUT2D eigenvalue weighted by atomic mass is 127. The number of carbonyl (C=O) groups is 2. The summed E-state index contributed by atoms with van der Waals surface area (Å²) >= 11 is 2.29. The number of rotatable bonds is 10. The number of aryl methyl sites for hydroxylation is 2. The van der Waals surface area contributed by atoms with E-state index in [1.165, 1.54) is 28.9 Å². The van der Waals surface area contributed by atoms with Gasteiger partial charge in [-0.3, -0.25) is 9.59 Å². The van der Waals surface area contributed by atoms with Crippen LogP contribution in [0.5, 0.6) is 0 Å². The van der Waals surface area contributed by atoms with E-state index in [0.717, 1.165) is 49.7 Å². The molecule has 0 unspecified atom stereocenters. The first-order valence-electron chi connectivity index (χ1n) is 12.5. The molecule has 0 aliphatic heterocycles. The van der Waals surface area contributed by atoms with Crippen molar-refractivity contribution in [3.05, 3.63) is 105 Å². The van der Waals surface area contributed by atoms with Gasteiger partial charge in [-0.1, -0.05) is 54.3 Å². The van der Waals surface area contributed by atoms with E-state index in [1.807, 2.05) is 42.5 Å². The molecular weight excluding hydrogens is 575 g/mol. The average Bonchev–Trinajstić information content (AvgIpc) is 2.94. The third-order valence-corrected chi connectivity index (χ3v) is 6.36. The summed E-state index contributed by atoms with van der Waals surface area (Å²) in [4.78, 5) is 21.9. The number of esters is 2. The number of methoxy groups -OCH3 is 2. The van der Waals surface area contributed by atoms with Gasteiger partial charge in [0.1, 0.15) is 0 Å². The topological polar surface area (TPSA) is 52.6 Å². The molecule has 3 aromatic rings. The summed E-state index contributed by atoms with van der Waals surface area (Å²) in [6.45, 7) is 0. The third kappa shape index (κ3) is 13.7. The van der Waals surface area contributed by atoms with Crippen molar-refractivity contribution >= 4 is 34.5 Å². The average molecular weight is 611 g/mol. The van der Waals surface area contributed by atoms with Crippen LogP contribution in [-0.4, -0.2) is 26.2 Å². The number of unbranched alkanes of at least 4 members (excludes halogenated alkanes) is 2. The summed E-state index contributed by atoms with van der Waals surface area (Å²) in [6, 6.07) is 26.8. The normalized spacial score (nSPS) is 9.81. The predicted molar refractivity (Wildman–Crippen MR) is 157 cm³/mol. The Hall–Kier alpha value is -3.11. The van der Waals surface area contributed by atoms with Gasteiger partial charge >= 0.3 is 11.9 Å². The van der Waals surface area contributed by atoms with Crippen molar-refractivity contribution in [1.82, 2.24) is 0 Å². The number of hydrogen-bond donors (Lipinski definition) is 0. The summed E-state index contributed by atoms with van der Waals surface area (Å²) in [5.74, 6) is 6.07. The first-order valence-corrected chi connectivity index (χ1v) is 13.6. The minimum absolute atomic E-state index is 0.113. The molecule has 0 radical (unpaired) electrons. The molecule has 0 spiro atoms. The van der Waals surface area contributed by atoms with E-state index in [2.05, 4.69) is 80.3 Å². The summed E-state index contributed by atoms with van der Waals surface area (Å²) in [5, 5.41) is 0. The van der Waals surface area contributed by atoms with Crippen molar-refractivity contribution in [2.75, 3.05) is 14.2 Å². The van der Waals surface area contributed by atoms with Crippen LogP contribution in [0.15, 0.2) is 78.9 Å². The summed E-state index contributed by atoms with van der Waals surface area (Å²) in [5.41, 5.74) is 4.65. The number of halogens is 1. The largest absolute Gasteiger partial charge is 0.469 e. The van der Waals surface area contributed by atoms with Gasteiger partial charge in [0.15, 0.2) is 0 Å². The van der Waals surface area contributed by atoms with Gasteiger partial charge in [0, 0.05) is 27.5 Å². The highest BCUT2D eigenvalue weighted by molar-refractivity contribution is 14.1. The summed E-state index contributed by atoms with van der Waals surface area (Å²) in [7, 11) is 2.86. The van der Waals surface area contributed by atoms with Gasteiger partial charge in [0.05, 0.1) is 14.2 Å². The molecule has 194 valence electrons. The SMILES string of the molecule is COC(=O)CCCCc1ccc(C#Cc2ccccc2)cc1.COC(=O)CCCCc1ccc(I)cc1. The van der Waals surface area contributed by atoms with Crippen LogP contribution < -0.4 is 0 Å². The zero-order valence-corrected chi connectivity index (χ0v) is 23.8. The lowest BCUT2D eigenvalue weighted by molar-refractivity contribution is -0.141. The summed E-state index contributed by atoms with van der Waals surface area (Å²) in [6.07, 6.45) is 6.83. The van der Waals surface area contributed by atoms with E-state index in [-0.39, 0.29) is 11.9 Å². The van der Waals surface area contributed by atoms with E-state index in [1.54, 1.807) is 0 Å². The molecule has 3 aromatic carbocycles. The molecule has 4 nitrogen and oxygen atoms in total. The van der Waals surface area contributed by atoms with E-state index in [0.29, 0.717) is 12.8 Å². The lowest BCUT2D eigenvalue weighted by atomic mass is 10.1. The van der Waals surface area contributed by atoms with Crippen molar-refractivity contribution in [3.63, 3.8) is 0 Å². The monoisotopic (exact) mass is 610 g/mol. The maximum atomic E-state index is 11.0. The molecule has 0 aliphatic rings. The Kier molecular flexibility index (Phi) is 14.8. The van der Waals surface area contributed by atoms with Gasteiger partial charge in [-0.05, 0) is 109 Å². The molecule has 0 bridgehead atoms. The van der Waals surface area contributed by atoms with Gasteiger partial charge in [-0.25, -0.2) is 0 Å². The lowest BCUT2D eigenvalue weighted by Crippen LogP contribution is -1.99. The van der Waals surface area contributed by atoms with Crippen LogP contribution in [0.1, 0.15) is 60.8 Å². The van der Waals surface area contributed by atoms with Crippen LogP contribution in [-0.2, 0) is 31.9 Å². The fraction of sp³-hybridized carbons (Fsp3) is 0.312.